The van der Waals surface area contributed by atoms with E-state index in [4.69, 9.17) is 9.47 Å². The lowest BCUT2D eigenvalue weighted by Crippen LogP contribution is -2.32. The molecule has 4 atom stereocenters. The second-order valence-corrected chi connectivity index (χ2v) is 7.60. The molecule has 29 heavy (non-hydrogen) atoms. The van der Waals surface area contributed by atoms with E-state index in [1.54, 1.807) is 48.5 Å². The van der Waals surface area contributed by atoms with Gasteiger partial charge in [-0.15, -0.1) is 0 Å². The molecular formula is C23H19NO5. The lowest BCUT2D eigenvalue weighted by Gasteiger charge is -2.17. The summed E-state index contributed by atoms with van der Waals surface area (Å²) in [7, 11) is 1.50. The highest BCUT2D eigenvalue weighted by Crippen LogP contribution is 2.53. The number of nitrogens with zero attached hydrogens (tertiary/aromatic N) is 1. The first-order valence-corrected chi connectivity index (χ1v) is 9.60. The van der Waals surface area contributed by atoms with Crippen molar-refractivity contribution in [3.63, 3.8) is 0 Å². The van der Waals surface area contributed by atoms with E-state index in [1.807, 2.05) is 0 Å². The van der Waals surface area contributed by atoms with Crippen molar-refractivity contribution < 1.29 is 23.9 Å². The van der Waals surface area contributed by atoms with E-state index in [-0.39, 0.29) is 35.5 Å². The number of imide groups is 1. The van der Waals surface area contributed by atoms with E-state index < -0.39 is 5.97 Å². The molecule has 2 fully saturated rings. The van der Waals surface area contributed by atoms with E-state index in [2.05, 4.69) is 12.2 Å². The average Bonchev–Trinajstić information content (AvgIpc) is 3.42. The highest BCUT2D eigenvalue weighted by Gasteiger charge is 2.59. The fraction of sp³-hybridized carbons (Fsp3) is 0.261. The van der Waals surface area contributed by atoms with Gasteiger partial charge in [-0.1, -0.05) is 24.3 Å². The monoisotopic (exact) mass is 389 g/mol. The SMILES string of the molecule is COc1ccccc1OC(=O)c1ccc(N2C(=O)C3C4C=CC(C4)C3C2=O)cc1. The molecule has 5 rings (SSSR count). The molecule has 2 aromatic carbocycles. The Hall–Kier alpha value is -3.41. The molecule has 1 saturated heterocycles. The Morgan fingerprint density at radius 3 is 2.07 bits per heavy atom. The smallest absolute Gasteiger partial charge is 0.343 e. The van der Waals surface area contributed by atoms with Crippen LogP contribution in [-0.4, -0.2) is 24.9 Å². The second-order valence-electron chi connectivity index (χ2n) is 7.60. The van der Waals surface area contributed by atoms with E-state index >= 15 is 0 Å². The summed E-state index contributed by atoms with van der Waals surface area (Å²) in [5.74, 6) is -0.185. The molecule has 6 nitrogen and oxygen atoms in total. The zero-order valence-electron chi connectivity index (χ0n) is 15.8. The van der Waals surface area contributed by atoms with Crippen LogP contribution in [0.1, 0.15) is 16.8 Å². The number of hydrogen-bond donors (Lipinski definition) is 0. The number of carbonyl (C=O) groups is 3. The number of benzene rings is 2. The van der Waals surface area contributed by atoms with Crippen LogP contribution in [0.3, 0.4) is 0 Å². The summed E-state index contributed by atoms with van der Waals surface area (Å²) in [4.78, 5) is 39.5. The van der Waals surface area contributed by atoms with E-state index in [9.17, 15) is 14.4 Å². The number of allylic oxidation sites excluding steroid dienone is 2. The summed E-state index contributed by atoms with van der Waals surface area (Å²) in [6.45, 7) is 0. The molecule has 6 heteroatoms. The third-order valence-corrected chi connectivity index (χ3v) is 6.10. The molecule has 2 aliphatic carbocycles. The van der Waals surface area contributed by atoms with Gasteiger partial charge in [-0.3, -0.25) is 14.5 Å². The lowest BCUT2D eigenvalue weighted by atomic mass is 9.85. The van der Waals surface area contributed by atoms with Crippen molar-refractivity contribution in [1.82, 2.24) is 0 Å². The normalized spacial score (nSPS) is 26.7. The molecule has 1 heterocycles. The molecule has 2 bridgehead atoms. The van der Waals surface area contributed by atoms with Crippen molar-refractivity contribution in [2.45, 2.75) is 6.42 Å². The molecule has 3 aliphatic rings. The van der Waals surface area contributed by atoms with Crippen LogP contribution in [0.5, 0.6) is 11.5 Å². The van der Waals surface area contributed by atoms with Gasteiger partial charge in [0.2, 0.25) is 11.8 Å². The molecule has 4 unspecified atom stereocenters. The van der Waals surface area contributed by atoms with Crippen LogP contribution in [0.25, 0.3) is 0 Å². The molecule has 1 saturated carbocycles. The average molecular weight is 389 g/mol. The largest absolute Gasteiger partial charge is 0.493 e. The number of anilines is 1. The molecule has 0 radical (unpaired) electrons. The van der Waals surface area contributed by atoms with Gasteiger partial charge in [-0.25, -0.2) is 4.79 Å². The number of esters is 1. The zero-order valence-corrected chi connectivity index (χ0v) is 15.8. The summed E-state index contributed by atoms with van der Waals surface area (Å²) in [6, 6.07) is 13.2. The highest BCUT2D eigenvalue weighted by atomic mass is 16.6. The number of amides is 2. The van der Waals surface area contributed by atoms with Gasteiger partial charge in [0.15, 0.2) is 11.5 Å². The zero-order chi connectivity index (χ0) is 20.1. The Morgan fingerprint density at radius 2 is 1.48 bits per heavy atom. The van der Waals surface area contributed by atoms with Crippen molar-refractivity contribution in [2.75, 3.05) is 12.0 Å². The molecule has 2 amide bonds. The lowest BCUT2D eigenvalue weighted by molar-refractivity contribution is -0.123. The van der Waals surface area contributed by atoms with Crippen LogP contribution in [0.2, 0.25) is 0 Å². The Kier molecular flexibility index (Phi) is 4.01. The van der Waals surface area contributed by atoms with E-state index in [0.717, 1.165) is 6.42 Å². The van der Waals surface area contributed by atoms with Gasteiger partial charge in [-0.05, 0) is 54.7 Å². The summed E-state index contributed by atoms with van der Waals surface area (Å²) >= 11 is 0. The van der Waals surface area contributed by atoms with Crippen LogP contribution in [0.4, 0.5) is 5.69 Å². The van der Waals surface area contributed by atoms with Crippen LogP contribution in [-0.2, 0) is 9.59 Å². The van der Waals surface area contributed by atoms with Gasteiger partial charge < -0.3 is 9.47 Å². The van der Waals surface area contributed by atoms with Crippen LogP contribution >= 0.6 is 0 Å². The summed E-state index contributed by atoms with van der Waals surface area (Å²) in [5.41, 5.74) is 0.809. The second kappa shape index (κ2) is 6.58. The first kappa shape index (κ1) is 17.7. The van der Waals surface area contributed by atoms with Gasteiger partial charge in [0, 0.05) is 0 Å². The molecule has 0 aromatic heterocycles. The van der Waals surface area contributed by atoms with E-state index in [1.165, 1.54) is 12.0 Å². The molecule has 1 aliphatic heterocycles. The van der Waals surface area contributed by atoms with Crippen molar-refractivity contribution >= 4 is 23.5 Å². The number of ether oxygens (including phenoxy) is 2. The highest BCUT2D eigenvalue weighted by molar-refractivity contribution is 6.22. The predicted molar refractivity (Wildman–Crippen MR) is 105 cm³/mol. The minimum absolute atomic E-state index is 0.138. The van der Waals surface area contributed by atoms with Crippen molar-refractivity contribution in [2.24, 2.45) is 23.7 Å². The Bertz CT molecular complexity index is 1010. The molecular weight excluding hydrogens is 370 g/mol. The third kappa shape index (κ3) is 2.67. The van der Waals surface area contributed by atoms with Gasteiger partial charge in [0.1, 0.15) is 0 Å². The standard InChI is InChI=1S/C23H19NO5/c1-28-17-4-2-3-5-18(17)29-23(27)13-8-10-16(11-9-13)24-21(25)19-14-6-7-15(12-14)20(19)22(24)26/h2-11,14-15,19-20H,12H2,1H3. The summed E-state index contributed by atoms with van der Waals surface area (Å²) in [5, 5.41) is 0. The Morgan fingerprint density at radius 1 is 0.897 bits per heavy atom. The quantitative estimate of drug-likeness (QED) is 0.347. The Labute approximate surface area is 167 Å². The number of para-hydroxylation sites is 2. The van der Waals surface area contributed by atoms with Crippen LogP contribution < -0.4 is 14.4 Å². The van der Waals surface area contributed by atoms with Gasteiger partial charge in [0.25, 0.3) is 0 Å². The maximum atomic E-state index is 12.9. The first-order valence-electron chi connectivity index (χ1n) is 9.60. The maximum Gasteiger partial charge on any atom is 0.343 e. The maximum absolute atomic E-state index is 12.9. The van der Waals surface area contributed by atoms with Crippen molar-refractivity contribution in [1.29, 1.82) is 0 Å². The number of carbonyl (C=O) groups excluding carboxylic acids is 3. The summed E-state index contributed by atoms with van der Waals surface area (Å²) in [6.07, 6.45) is 5.03. The Balaban J connectivity index is 1.35. The fourth-order valence-electron chi connectivity index (χ4n) is 4.77. The minimum atomic E-state index is -0.542. The van der Waals surface area contributed by atoms with Gasteiger partial charge in [0.05, 0.1) is 30.2 Å². The number of rotatable bonds is 4. The molecule has 0 N–H and O–H groups in total. The number of hydrogen-bond acceptors (Lipinski definition) is 5. The summed E-state index contributed by atoms with van der Waals surface area (Å²) < 4.78 is 10.6. The van der Waals surface area contributed by atoms with Crippen LogP contribution in [0, 0.1) is 23.7 Å². The topological polar surface area (TPSA) is 72.9 Å². The van der Waals surface area contributed by atoms with Crippen LogP contribution in [0.15, 0.2) is 60.7 Å². The fourth-order valence-corrected chi connectivity index (χ4v) is 4.77. The molecule has 2 aromatic rings. The third-order valence-electron chi connectivity index (χ3n) is 6.10. The van der Waals surface area contributed by atoms with Gasteiger partial charge >= 0.3 is 5.97 Å². The molecule has 0 spiro atoms. The minimum Gasteiger partial charge on any atom is -0.493 e. The van der Waals surface area contributed by atoms with E-state index in [0.29, 0.717) is 22.7 Å². The predicted octanol–water partition coefficient (Wildman–Crippen LogP) is 3.23. The van der Waals surface area contributed by atoms with Crippen molar-refractivity contribution in [3.05, 3.63) is 66.2 Å². The number of fused-ring (bicyclic) bond motifs is 5. The first-order chi connectivity index (χ1) is 14.1. The van der Waals surface area contributed by atoms with Gasteiger partial charge in [-0.2, -0.15) is 0 Å². The number of methoxy groups -OCH3 is 1. The molecule has 146 valence electrons. The van der Waals surface area contributed by atoms with Crippen molar-refractivity contribution in [3.8, 4) is 11.5 Å².